The number of ketones is 1. The van der Waals surface area contributed by atoms with Crippen LogP contribution in [0.25, 0.3) is 5.69 Å². The normalized spacial score (nSPS) is 10.5. The molecule has 0 aliphatic carbocycles. The van der Waals surface area contributed by atoms with Crippen molar-refractivity contribution in [3.63, 3.8) is 0 Å². The van der Waals surface area contributed by atoms with E-state index >= 15 is 0 Å². The van der Waals surface area contributed by atoms with Crippen molar-refractivity contribution in [3.8, 4) is 5.69 Å². The van der Waals surface area contributed by atoms with Gasteiger partial charge in [0.1, 0.15) is 0 Å². The van der Waals surface area contributed by atoms with E-state index in [0.29, 0.717) is 16.8 Å². The predicted octanol–water partition coefficient (Wildman–Crippen LogP) is 2.29. The Morgan fingerprint density at radius 1 is 1.03 bits per heavy atom. The number of aryl methyl sites for hydroxylation is 1. The zero-order valence-electron chi connectivity index (χ0n) is 16.7. The van der Waals surface area contributed by atoms with Gasteiger partial charge in [0.2, 0.25) is 5.78 Å². The molecule has 1 aromatic carbocycles. The third-order valence-corrected chi connectivity index (χ3v) is 4.53. The van der Waals surface area contributed by atoms with Crippen LogP contribution in [0.3, 0.4) is 0 Å². The van der Waals surface area contributed by atoms with Gasteiger partial charge in [-0.15, -0.1) is 0 Å². The Hall–Kier alpha value is -4.01. The molecule has 9 heteroatoms. The van der Waals surface area contributed by atoms with Crippen LogP contribution in [0.4, 0.5) is 5.82 Å². The van der Waals surface area contributed by atoms with E-state index in [4.69, 9.17) is 15.2 Å². The third kappa shape index (κ3) is 4.04. The van der Waals surface area contributed by atoms with Gasteiger partial charge in [0, 0.05) is 35.0 Å². The summed E-state index contributed by atoms with van der Waals surface area (Å²) in [5.74, 6) is -1.68. The van der Waals surface area contributed by atoms with Crippen molar-refractivity contribution in [2.45, 2.75) is 13.8 Å². The fourth-order valence-corrected chi connectivity index (χ4v) is 3.09. The van der Waals surface area contributed by atoms with E-state index in [-0.39, 0.29) is 17.3 Å². The Morgan fingerprint density at radius 2 is 1.70 bits per heavy atom. The molecule has 2 N–H and O–H groups in total. The van der Waals surface area contributed by atoms with Gasteiger partial charge in [-0.2, -0.15) is 0 Å². The first-order chi connectivity index (χ1) is 14.3. The lowest BCUT2D eigenvalue weighted by molar-refractivity contribution is 0.0469. The summed E-state index contributed by atoms with van der Waals surface area (Å²) >= 11 is 0. The van der Waals surface area contributed by atoms with E-state index in [1.54, 1.807) is 37.3 Å². The minimum atomic E-state index is -0.818. The van der Waals surface area contributed by atoms with Crippen molar-refractivity contribution in [2.24, 2.45) is 0 Å². The maximum absolute atomic E-state index is 12.6. The van der Waals surface area contributed by atoms with Crippen LogP contribution >= 0.6 is 0 Å². The van der Waals surface area contributed by atoms with Crippen molar-refractivity contribution in [1.82, 2.24) is 14.5 Å². The standard InChI is InChI=1S/C21H20N4O5/c1-12-10-16(17(26)11-30-21(28)18-19(22)24-9-8-23-18)13(2)25(12)15-6-4-14(5-7-15)20(27)29-3/h4-10H,11H2,1-3H3,(H2,22,24). The van der Waals surface area contributed by atoms with E-state index in [9.17, 15) is 14.4 Å². The van der Waals surface area contributed by atoms with Gasteiger partial charge in [0.05, 0.1) is 12.7 Å². The average Bonchev–Trinajstić information content (AvgIpc) is 3.05. The molecule has 0 unspecified atom stereocenters. The van der Waals surface area contributed by atoms with Crippen molar-refractivity contribution in [2.75, 3.05) is 19.5 Å². The van der Waals surface area contributed by atoms with Crippen LogP contribution in [-0.4, -0.2) is 46.0 Å². The van der Waals surface area contributed by atoms with E-state index in [0.717, 1.165) is 11.4 Å². The smallest absolute Gasteiger partial charge is 0.361 e. The fourth-order valence-electron chi connectivity index (χ4n) is 3.09. The number of hydrogen-bond acceptors (Lipinski definition) is 8. The van der Waals surface area contributed by atoms with Crippen LogP contribution in [-0.2, 0) is 9.47 Å². The van der Waals surface area contributed by atoms with Gasteiger partial charge in [0.25, 0.3) is 0 Å². The van der Waals surface area contributed by atoms with Gasteiger partial charge < -0.3 is 19.8 Å². The summed E-state index contributed by atoms with van der Waals surface area (Å²) in [6.07, 6.45) is 2.66. The lowest BCUT2D eigenvalue weighted by atomic mass is 10.1. The van der Waals surface area contributed by atoms with Crippen molar-refractivity contribution >= 4 is 23.5 Å². The molecule has 0 radical (unpaired) electrons. The molecule has 0 spiro atoms. The number of carbonyl (C=O) groups is 3. The van der Waals surface area contributed by atoms with E-state index < -0.39 is 18.5 Å². The average molecular weight is 408 g/mol. The van der Waals surface area contributed by atoms with Gasteiger partial charge in [-0.1, -0.05) is 0 Å². The first kappa shape index (κ1) is 20.7. The zero-order valence-corrected chi connectivity index (χ0v) is 16.7. The first-order valence-electron chi connectivity index (χ1n) is 8.98. The fraction of sp³-hybridized carbons (Fsp3) is 0.190. The van der Waals surface area contributed by atoms with E-state index in [1.807, 2.05) is 11.5 Å². The number of carbonyl (C=O) groups excluding carboxylic acids is 3. The molecule has 9 nitrogen and oxygen atoms in total. The highest BCUT2D eigenvalue weighted by Gasteiger charge is 2.20. The second kappa shape index (κ2) is 8.56. The SMILES string of the molecule is COC(=O)c1ccc(-n2c(C)cc(C(=O)COC(=O)c3nccnc3N)c2C)cc1. The summed E-state index contributed by atoms with van der Waals surface area (Å²) < 4.78 is 11.6. The summed E-state index contributed by atoms with van der Waals surface area (Å²) in [4.78, 5) is 43.9. The third-order valence-electron chi connectivity index (χ3n) is 4.53. The number of rotatable bonds is 6. The van der Waals surface area contributed by atoms with Crippen LogP contribution in [0.15, 0.2) is 42.7 Å². The zero-order chi connectivity index (χ0) is 21.8. The highest BCUT2D eigenvalue weighted by molar-refractivity contribution is 6.01. The Kier molecular flexibility index (Phi) is 5.91. The number of aromatic nitrogens is 3. The van der Waals surface area contributed by atoms with Crippen molar-refractivity contribution in [3.05, 3.63) is 70.9 Å². The van der Waals surface area contributed by atoms with Crippen LogP contribution in [0.1, 0.15) is 42.6 Å². The van der Waals surface area contributed by atoms with Gasteiger partial charge in [0.15, 0.2) is 18.1 Å². The minimum absolute atomic E-state index is 0.0662. The second-order valence-electron chi connectivity index (χ2n) is 6.45. The van der Waals surface area contributed by atoms with E-state index in [2.05, 4.69) is 9.97 Å². The summed E-state index contributed by atoms with van der Waals surface area (Å²) in [6.45, 7) is 3.18. The predicted molar refractivity (Wildman–Crippen MR) is 108 cm³/mol. The van der Waals surface area contributed by atoms with Gasteiger partial charge in [-0.05, 0) is 44.2 Å². The molecule has 154 valence electrons. The molecule has 0 atom stereocenters. The topological polar surface area (TPSA) is 126 Å². The minimum Gasteiger partial charge on any atom is -0.465 e. The van der Waals surface area contributed by atoms with Crippen LogP contribution in [0, 0.1) is 13.8 Å². The number of benzene rings is 1. The lowest BCUT2D eigenvalue weighted by Crippen LogP contribution is -2.17. The molecule has 3 rings (SSSR count). The maximum Gasteiger partial charge on any atom is 0.361 e. The van der Waals surface area contributed by atoms with Crippen LogP contribution in [0.5, 0.6) is 0 Å². The number of ether oxygens (including phenoxy) is 2. The molecule has 2 heterocycles. The molecule has 2 aromatic heterocycles. The summed E-state index contributed by atoms with van der Waals surface area (Å²) in [5, 5.41) is 0. The molecule has 0 bridgehead atoms. The number of nitrogens with two attached hydrogens (primary N) is 1. The number of esters is 2. The van der Waals surface area contributed by atoms with Gasteiger partial charge in [-0.25, -0.2) is 19.6 Å². The molecule has 0 amide bonds. The molecule has 3 aromatic rings. The lowest BCUT2D eigenvalue weighted by Gasteiger charge is -2.11. The molecular weight excluding hydrogens is 388 g/mol. The molecular formula is C21H20N4O5. The maximum atomic E-state index is 12.6. The molecule has 0 aliphatic rings. The molecule has 0 saturated heterocycles. The van der Waals surface area contributed by atoms with Crippen LogP contribution < -0.4 is 5.73 Å². The number of methoxy groups -OCH3 is 1. The number of hydrogen-bond donors (Lipinski definition) is 1. The number of anilines is 1. The quantitative estimate of drug-likeness (QED) is 0.486. The second-order valence-corrected chi connectivity index (χ2v) is 6.45. The highest BCUT2D eigenvalue weighted by Crippen LogP contribution is 2.22. The van der Waals surface area contributed by atoms with Crippen LogP contribution in [0.2, 0.25) is 0 Å². The Balaban J connectivity index is 1.78. The molecule has 0 aliphatic heterocycles. The highest BCUT2D eigenvalue weighted by atomic mass is 16.5. The Labute approximate surface area is 172 Å². The largest absolute Gasteiger partial charge is 0.465 e. The molecule has 0 saturated carbocycles. The van der Waals surface area contributed by atoms with E-state index in [1.165, 1.54) is 19.5 Å². The monoisotopic (exact) mass is 408 g/mol. The first-order valence-corrected chi connectivity index (χ1v) is 8.98. The van der Waals surface area contributed by atoms with Crippen molar-refractivity contribution in [1.29, 1.82) is 0 Å². The summed E-state index contributed by atoms with van der Waals surface area (Å²) in [6, 6.07) is 8.54. The molecule has 30 heavy (non-hydrogen) atoms. The Bertz CT molecular complexity index is 1120. The van der Waals surface area contributed by atoms with Crippen molar-refractivity contribution < 1.29 is 23.9 Å². The number of Topliss-reactive ketones (excluding diaryl/α,β-unsaturated/α-hetero) is 1. The summed E-state index contributed by atoms with van der Waals surface area (Å²) in [7, 11) is 1.32. The van der Waals surface area contributed by atoms with Gasteiger partial charge >= 0.3 is 11.9 Å². The number of nitrogen functional groups attached to an aromatic ring is 1. The number of nitrogens with zero attached hydrogens (tertiary/aromatic N) is 3. The summed E-state index contributed by atoms with van der Waals surface area (Å²) in [5.41, 5.74) is 8.58. The Morgan fingerprint density at radius 3 is 2.33 bits per heavy atom. The molecule has 0 fully saturated rings. The van der Waals surface area contributed by atoms with Gasteiger partial charge in [-0.3, -0.25) is 4.79 Å².